The van der Waals surface area contributed by atoms with E-state index in [2.05, 4.69) is 0 Å². The average molecular weight is 368 g/mol. The van der Waals surface area contributed by atoms with Crippen LogP contribution in [0.1, 0.15) is 12.0 Å². The van der Waals surface area contributed by atoms with Crippen molar-refractivity contribution in [3.63, 3.8) is 0 Å². The van der Waals surface area contributed by atoms with Gasteiger partial charge < -0.3 is 0 Å². The fourth-order valence-electron chi connectivity index (χ4n) is 5.08. The number of allylic oxidation sites excluding steroid dienone is 2. The third-order valence-electron chi connectivity index (χ3n) is 6.18. The van der Waals surface area contributed by atoms with Crippen molar-refractivity contribution in [3.8, 4) is 0 Å². The summed E-state index contributed by atoms with van der Waals surface area (Å²) in [5.41, 5.74) is -1.08. The summed E-state index contributed by atoms with van der Waals surface area (Å²) in [5.74, 6) is -0.655. The summed E-state index contributed by atoms with van der Waals surface area (Å²) in [6.07, 6.45) is 0.443. The Morgan fingerprint density at radius 3 is 2.08 bits per heavy atom. The van der Waals surface area contributed by atoms with Crippen molar-refractivity contribution in [3.05, 3.63) is 40.9 Å². The van der Waals surface area contributed by atoms with E-state index in [4.69, 9.17) is 11.6 Å². The Morgan fingerprint density at radius 2 is 1.56 bits per heavy atom. The molecule has 2 bridgehead atoms. The van der Waals surface area contributed by atoms with E-state index in [0.717, 1.165) is 23.5 Å². The van der Waals surface area contributed by atoms with Crippen molar-refractivity contribution in [2.75, 3.05) is 4.90 Å². The summed E-state index contributed by atoms with van der Waals surface area (Å²) in [7, 11) is 0. The van der Waals surface area contributed by atoms with Crippen LogP contribution in [0.25, 0.3) is 0 Å². The first kappa shape index (κ1) is 15.4. The van der Waals surface area contributed by atoms with Gasteiger partial charge in [-0.15, -0.1) is 0 Å². The number of carbonyl (C=O) groups is 2. The fourth-order valence-corrected chi connectivity index (χ4v) is 5.31. The zero-order valence-electron chi connectivity index (χ0n) is 12.8. The molecule has 4 aliphatic carbocycles. The average Bonchev–Trinajstić information content (AvgIpc) is 3.32. The maximum Gasteiger partial charge on any atom is 0.417 e. The van der Waals surface area contributed by atoms with Gasteiger partial charge in [0.2, 0.25) is 11.8 Å². The van der Waals surface area contributed by atoms with Crippen LogP contribution in [0.4, 0.5) is 18.9 Å². The number of rotatable bonds is 1. The van der Waals surface area contributed by atoms with Crippen molar-refractivity contribution in [2.45, 2.75) is 12.6 Å². The molecule has 0 N–H and O–H groups in total. The predicted octanol–water partition coefficient (Wildman–Crippen LogP) is 3.92. The first-order valence-electron chi connectivity index (χ1n) is 8.22. The molecule has 1 saturated heterocycles. The van der Waals surface area contributed by atoms with Crippen LogP contribution in [0.15, 0.2) is 30.4 Å². The van der Waals surface area contributed by atoms with Crippen molar-refractivity contribution in [1.29, 1.82) is 0 Å². The summed E-state index contributed by atoms with van der Waals surface area (Å²) in [5, 5.41) is -0.448. The number of halogens is 4. The van der Waals surface area contributed by atoms with Crippen LogP contribution in [-0.2, 0) is 15.8 Å². The quantitative estimate of drug-likeness (QED) is 0.557. The standard InChI is InChI=1S/C18H13ClF3NO2/c19-13-4-1-7(5-12(13)18(20,21)22)23-16(24)14-8-2-3-9(11-6-10(8)11)15(14)17(23)25/h1-5,8-11,14-15H,6H2/t8-,9-,10-,11+,14-,15+/m0/s1. The van der Waals surface area contributed by atoms with Crippen molar-refractivity contribution < 1.29 is 22.8 Å². The molecule has 7 heteroatoms. The van der Waals surface area contributed by atoms with E-state index in [1.54, 1.807) is 0 Å². The predicted molar refractivity (Wildman–Crippen MR) is 83.6 cm³/mol. The number of benzene rings is 1. The van der Waals surface area contributed by atoms with Gasteiger partial charge in [0.05, 0.1) is 28.1 Å². The highest BCUT2D eigenvalue weighted by Crippen LogP contribution is 2.65. The minimum absolute atomic E-state index is 0.0378. The van der Waals surface area contributed by atoms with E-state index >= 15 is 0 Å². The lowest BCUT2D eigenvalue weighted by molar-refractivity contribution is -0.137. The van der Waals surface area contributed by atoms with E-state index in [0.29, 0.717) is 11.8 Å². The molecule has 1 aromatic rings. The molecule has 1 aliphatic heterocycles. The summed E-state index contributed by atoms with van der Waals surface area (Å²) in [6.45, 7) is 0. The van der Waals surface area contributed by atoms with Gasteiger partial charge in [-0.2, -0.15) is 13.2 Å². The van der Waals surface area contributed by atoms with Crippen molar-refractivity contribution in [2.24, 2.45) is 35.5 Å². The van der Waals surface area contributed by atoms with Gasteiger partial charge in [0.1, 0.15) is 0 Å². The molecule has 3 fully saturated rings. The largest absolute Gasteiger partial charge is 0.417 e. The number of amides is 2. The highest BCUT2D eigenvalue weighted by atomic mass is 35.5. The zero-order chi connectivity index (χ0) is 17.7. The monoisotopic (exact) mass is 367 g/mol. The topological polar surface area (TPSA) is 37.4 Å². The van der Waals surface area contributed by atoms with Crippen LogP contribution in [0.2, 0.25) is 5.02 Å². The maximum absolute atomic E-state index is 13.1. The van der Waals surface area contributed by atoms with Crippen LogP contribution in [0, 0.1) is 35.5 Å². The number of alkyl halides is 3. The van der Waals surface area contributed by atoms with Gasteiger partial charge in [0, 0.05) is 0 Å². The summed E-state index contributed by atoms with van der Waals surface area (Å²) >= 11 is 5.65. The Balaban J connectivity index is 1.57. The number of nitrogens with zero attached hydrogens (tertiary/aromatic N) is 1. The number of carbonyl (C=O) groups excluding carboxylic acids is 2. The minimum atomic E-state index is -4.64. The highest BCUT2D eigenvalue weighted by Gasteiger charge is 2.67. The second-order valence-corrected chi connectivity index (χ2v) is 7.74. The van der Waals surface area contributed by atoms with Gasteiger partial charge in [-0.1, -0.05) is 23.8 Å². The second-order valence-electron chi connectivity index (χ2n) is 7.33. The Labute approximate surface area is 146 Å². The first-order valence-corrected chi connectivity index (χ1v) is 8.59. The van der Waals surface area contributed by atoms with Gasteiger partial charge >= 0.3 is 6.18 Å². The molecule has 0 spiro atoms. The number of hydrogen-bond donors (Lipinski definition) is 0. The molecule has 1 aromatic carbocycles. The molecule has 3 nitrogen and oxygen atoms in total. The van der Waals surface area contributed by atoms with Gasteiger partial charge in [0.15, 0.2) is 0 Å². The summed E-state index contributed by atoms with van der Waals surface area (Å²) < 4.78 is 39.3. The molecule has 6 atom stereocenters. The van der Waals surface area contributed by atoms with Crippen molar-refractivity contribution >= 4 is 29.1 Å². The van der Waals surface area contributed by atoms with Crippen LogP contribution >= 0.6 is 11.6 Å². The molecule has 130 valence electrons. The molecule has 25 heavy (non-hydrogen) atoms. The molecule has 5 aliphatic rings. The van der Waals surface area contributed by atoms with E-state index in [9.17, 15) is 22.8 Å². The summed E-state index contributed by atoms with van der Waals surface area (Å²) in [6, 6.07) is 3.19. The maximum atomic E-state index is 13.1. The van der Waals surface area contributed by atoms with Crippen LogP contribution in [0.3, 0.4) is 0 Å². The van der Waals surface area contributed by atoms with Gasteiger partial charge in [0.25, 0.3) is 0 Å². The molecule has 2 saturated carbocycles. The molecular weight excluding hydrogens is 355 g/mol. The minimum Gasteiger partial charge on any atom is -0.274 e. The Bertz CT molecular complexity index is 813. The van der Waals surface area contributed by atoms with Gasteiger partial charge in [-0.3, -0.25) is 14.5 Å². The lowest BCUT2D eigenvalue weighted by Crippen LogP contribution is -2.40. The lowest BCUT2D eigenvalue weighted by Gasteiger charge is -2.37. The smallest absolute Gasteiger partial charge is 0.274 e. The highest BCUT2D eigenvalue weighted by molar-refractivity contribution is 6.31. The molecule has 0 aromatic heterocycles. The van der Waals surface area contributed by atoms with Crippen LogP contribution < -0.4 is 4.90 Å². The van der Waals surface area contributed by atoms with E-state index in [1.807, 2.05) is 12.2 Å². The molecular formula is C18H13ClF3NO2. The van der Waals surface area contributed by atoms with E-state index < -0.39 is 28.6 Å². The first-order chi connectivity index (χ1) is 11.8. The van der Waals surface area contributed by atoms with E-state index in [1.165, 1.54) is 6.07 Å². The Kier molecular flexibility index (Phi) is 2.88. The number of imide groups is 1. The van der Waals surface area contributed by atoms with E-state index in [-0.39, 0.29) is 29.3 Å². The summed E-state index contributed by atoms with van der Waals surface area (Å²) in [4.78, 5) is 26.8. The molecule has 0 unspecified atom stereocenters. The van der Waals surface area contributed by atoms with Crippen molar-refractivity contribution in [1.82, 2.24) is 0 Å². The molecule has 2 amide bonds. The third-order valence-corrected chi connectivity index (χ3v) is 6.51. The van der Waals surface area contributed by atoms with Gasteiger partial charge in [-0.25, -0.2) is 0 Å². The molecule has 1 heterocycles. The second kappa shape index (κ2) is 4.67. The fraction of sp³-hybridized carbons (Fsp3) is 0.444. The Hall–Kier alpha value is -1.82. The van der Waals surface area contributed by atoms with Crippen LogP contribution in [-0.4, -0.2) is 11.8 Å². The normalized spacial score (nSPS) is 38.2. The Morgan fingerprint density at radius 1 is 1.00 bits per heavy atom. The van der Waals surface area contributed by atoms with Crippen LogP contribution in [0.5, 0.6) is 0 Å². The zero-order valence-corrected chi connectivity index (χ0v) is 13.6. The number of hydrogen-bond acceptors (Lipinski definition) is 2. The lowest BCUT2D eigenvalue weighted by atomic mass is 9.63. The third kappa shape index (κ3) is 1.94. The SMILES string of the molecule is O=C1[C@@H]2[C@H]3C=C[C@@H]([C@@H]4C[C@H]34)[C@@H]2C(=O)N1c1ccc(Cl)c(C(F)(F)F)c1. The number of anilines is 1. The molecule has 6 rings (SSSR count). The van der Waals surface area contributed by atoms with Gasteiger partial charge in [-0.05, 0) is 48.3 Å². The molecule has 0 radical (unpaired) electrons.